The average Bonchev–Trinajstić information content (AvgIpc) is 2.79. The lowest BCUT2D eigenvalue weighted by molar-refractivity contribution is 0.0955. The number of aryl methyl sites for hydroxylation is 1. The SMILES string of the molecule is CC1OCCC1C(N)c1ccc2c(c1)C(=O)NCCC2. The van der Waals surface area contributed by atoms with Gasteiger partial charge >= 0.3 is 0 Å². The van der Waals surface area contributed by atoms with Gasteiger partial charge in [0.1, 0.15) is 0 Å². The van der Waals surface area contributed by atoms with Gasteiger partial charge in [-0.05, 0) is 43.4 Å². The van der Waals surface area contributed by atoms with Crippen molar-refractivity contribution >= 4 is 5.91 Å². The van der Waals surface area contributed by atoms with E-state index in [1.165, 1.54) is 0 Å². The maximum atomic E-state index is 12.1. The van der Waals surface area contributed by atoms with E-state index in [2.05, 4.69) is 24.4 Å². The van der Waals surface area contributed by atoms with Crippen LogP contribution in [0.3, 0.4) is 0 Å². The number of nitrogens with one attached hydrogen (secondary N) is 1. The molecule has 3 N–H and O–H groups in total. The molecule has 4 heteroatoms. The van der Waals surface area contributed by atoms with Crippen molar-refractivity contribution in [3.8, 4) is 0 Å². The molecule has 3 rings (SSSR count). The minimum atomic E-state index is -0.0612. The van der Waals surface area contributed by atoms with Crippen LogP contribution < -0.4 is 11.1 Å². The molecule has 1 aromatic rings. The number of fused-ring (bicyclic) bond motifs is 1. The molecular formula is C16H22N2O2. The fraction of sp³-hybridized carbons (Fsp3) is 0.562. The molecule has 0 aliphatic carbocycles. The van der Waals surface area contributed by atoms with Gasteiger partial charge in [-0.25, -0.2) is 0 Å². The van der Waals surface area contributed by atoms with Gasteiger partial charge in [-0.15, -0.1) is 0 Å². The van der Waals surface area contributed by atoms with E-state index in [0.717, 1.165) is 49.1 Å². The second kappa shape index (κ2) is 5.54. The smallest absolute Gasteiger partial charge is 0.251 e. The van der Waals surface area contributed by atoms with Crippen LogP contribution >= 0.6 is 0 Å². The lowest BCUT2D eigenvalue weighted by atomic mass is 9.87. The summed E-state index contributed by atoms with van der Waals surface area (Å²) >= 11 is 0. The fourth-order valence-corrected chi connectivity index (χ4v) is 3.27. The normalized spacial score (nSPS) is 27.6. The van der Waals surface area contributed by atoms with E-state index < -0.39 is 0 Å². The third-order valence-electron chi connectivity index (χ3n) is 4.57. The summed E-state index contributed by atoms with van der Waals surface area (Å²) in [6.07, 6.45) is 3.13. The fourth-order valence-electron chi connectivity index (χ4n) is 3.27. The molecule has 0 aromatic heterocycles. The number of benzene rings is 1. The molecule has 1 aromatic carbocycles. The van der Waals surface area contributed by atoms with Crippen molar-refractivity contribution in [2.45, 2.75) is 38.3 Å². The lowest BCUT2D eigenvalue weighted by Crippen LogP contribution is -2.27. The van der Waals surface area contributed by atoms with Gasteiger partial charge in [0, 0.05) is 30.7 Å². The molecule has 20 heavy (non-hydrogen) atoms. The monoisotopic (exact) mass is 274 g/mol. The molecule has 3 unspecified atom stereocenters. The van der Waals surface area contributed by atoms with E-state index in [1.807, 2.05) is 6.07 Å². The largest absolute Gasteiger partial charge is 0.378 e. The van der Waals surface area contributed by atoms with Gasteiger partial charge in [-0.1, -0.05) is 12.1 Å². The summed E-state index contributed by atoms with van der Waals surface area (Å²) in [5.74, 6) is 0.365. The van der Waals surface area contributed by atoms with Crippen molar-refractivity contribution in [2.24, 2.45) is 11.7 Å². The Morgan fingerprint density at radius 3 is 3.05 bits per heavy atom. The molecule has 3 atom stereocenters. The Morgan fingerprint density at radius 1 is 1.45 bits per heavy atom. The summed E-state index contributed by atoms with van der Waals surface area (Å²) in [6.45, 7) is 3.61. The number of ether oxygens (including phenoxy) is 1. The van der Waals surface area contributed by atoms with Crippen LogP contribution in [0.15, 0.2) is 18.2 Å². The van der Waals surface area contributed by atoms with E-state index in [9.17, 15) is 4.79 Å². The van der Waals surface area contributed by atoms with Crippen LogP contribution in [0.2, 0.25) is 0 Å². The molecule has 1 amide bonds. The minimum Gasteiger partial charge on any atom is -0.378 e. The second-order valence-corrected chi connectivity index (χ2v) is 5.83. The molecule has 2 heterocycles. The van der Waals surface area contributed by atoms with E-state index in [-0.39, 0.29) is 18.1 Å². The zero-order valence-electron chi connectivity index (χ0n) is 11.9. The molecular weight excluding hydrogens is 252 g/mol. The molecule has 0 radical (unpaired) electrons. The van der Waals surface area contributed by atoms with E-state index in [1.54, 1.807) is 0 Å². The van der Waals surface area contributed by atoms with Crippen molar-refractivity contribution in [1.82, 2.24) is 5.32 Å². The lowest BCUT2D eigenvalue weighted by Gasteiger charge is -2.23. The van der Waals surface area contributed by atoms with Crippen LogP contribution in [0.5, 0.6) is 0 Å². The van der Waals surface area contributed by atoms with Crippen molar-refractivity contribution in [3.05, 3.63) is 34.9 Å². The predicted octanol–water partition coefficient (Wildman–Crippen LogP) is 1.79. The molecule has 0 saturated carbocycles. The number of hydrogen-bond donors (Lipinski definition) is 2. The van der Waals surface area contributed by atoms with E-state index in [0.29, 0.717) is 5.92 Å². The first-order chi connectivity index (χ1) is 9.66. The highest BCUT2D eigenvalue weighted by Crippen LogP contribution is 2.32. The summed E-state index contributed by atoms with van der Waals surface area (Å²) < 4.78 is 5.60. The highest BCUT2D eigenvalue weighted by Gasteiger charge is 2.31. The summed E-state index contributed by atoms with van der Waals surface area (Å²) in [7, 11) is 0. The van der Waals surface area contributed by atoms with Gasteiger partial charge < -0.3 is 15.8 Å². The van der Waals surface area contributed by atoms with Gasteiger partial charge in [0.05, 0.1) is 6.10 Å². The Bertz CT molecular complexity index is 515. The van der Waals surface area contributed by atoms with Gasteiger partial charge in [0.15, 0.2) is 0 Å². The first-order valence-corrected chi connectivity index (χ1v) is 7.45. The number of carbonyl (C=O) groups is 1. The standard InChI is InChI=1S/C16H22N2O2/c1-10-13(6-8-20-10)15(17)12-5-4-11-3-2-7-18-16(19)14(11)9-12/h4-5,9-10,13,15H,2-3,6-8,17H2,1H3,(H,18,19). The zero-order chi connectivity index (χ0) is 14.1. The molecule has 2 aliphatic rings. The van der Waals surface area contributed by atoms with Crippen LogP contribution in [0.25, 0.3) is 0 Å². The van der Waals surface area contributed by atoms with Crippen molar-refractivity contribution in [3.63, 3.8) is 0 Å². The van der Waals surface area contributed by atoms with Crippen LogP contribution in [-0.2, 0) is 11.2 Å². The molecule has 0 bridgehead atoms. The molecule has 0 spiro atoms. The Morgan fingerprint density at radius 2 is 2.30 bits per heavy atom. The molecule has 4 nitrogen and oxygen atoms in total. The maximum Gasteiger partial charge on any atom is 0.251 e. The van der Waals surface area contributed by atoms with Crippen LogP contribution in [0.1, 0.15) is 47.3 Å². The van der Waals surface area contributed by atoms with E-state index in [4.69, 9.17) is 10.5 Å². The average molecular weight is 274 g/mol. The third kappa shape index (κ3) is 2.45. The Labute approximate surface area is 119 Å². The topological polar surface area (TPSA) is 64.3 Å². The Hall–Kier alpha value is -1.39. The highest BCUT2D eigenvalue weighted by atomic mass is 16.5. The van der Waals surface area contributed by atoms with E-state index >= 15 is 0 Å². The van der Waals surface area contributed by atoms with Crippen molar-refractivity contribution in [2.75, 3.05) is 13.2 Å². The summed E-state index contributed by atoms with van der Waals surface area (Å²) in [4.78, 5) is 12.1. The number of amides is 1. The van der Waals surface area contributed by atoms with Crippen molar-refractivity contribution in [1.29, 1.82) is 0 Å². The van der Waals surface area contributed by atoms with Gasteiger partial charge in [0.25, 0.3) is 5.91 Å². The summed E-state index contributed by atoms with van der Waals surface area (Å²) in [6, 6.07) is 6.06. The van der Waals surface area contributed by atoms with Gasteiger partial charge in [0.2, 0.25) is 0 Å². The predicted molar refractivity (Wildman–Crippen MR) is 77.5 cm³/mol. The second-order valence-electron chi connectivity index (χ2n) is 5.83. The minimum absolute atomic E-state index is 0.0299. The number of nitrogens with two attached hydrogens (primary N) is 1. The highest BCUT2D eigenvalue weighted by molar-refractivity contribution is 5.96. The Balaban J connectivity index is 1.89. The quantitative estimate of drug-likeness (QED) is 0.864. The van der Waals surface area contributed by atoms with Crippen LogP contribution in [0.4, 0.5) is 0 Å². The summed E-state index contributed by atoms with van der Waals surface area (Å²) in [5, 5.41) is 2.94. The Kier molecular flexibility index (Phi) is 3.76. The van der Waals surface area contributed by atoms with Crippen LogP contribution in [-0.4, -0.2) is 25.2 Å². The zero-order valence-corrected chi connectivity index (χ0v) is 11.9. The van der Waals surface area contributed by atoms with Gasteiger partial charge in [-0.2, -0.15) is 0 Å². The first kappa shape index (κ1) is 13.6. The number of carbonyl (C=O) groups excluding carboxylic acids is 1. The van der Waals surface area contributed by atoms with Crippen LogP contribution in [0, 0.1) is 5.92 Å². The van der Waals surface area contributed by atoms with Gasteiger partial charge in [-0.3, -0.25) is 4.79 Å². The molecule has 2 aliphatic heterocycles. The van der Waals surface area contributed by atoms with Crippen molar-refractivity contribution < 1.29 is 9.53 Å². The number of rotatable bonds is 2. The summed E-state index contributed by atoms with van der Waals surface area (Å²) in [5.41, 5.74) is 9.37. The third-order valence-corrected chi connectivity index (χ3v) is 4.57. The molecule has 108 valence electrons. The maximum absolute atomic E-state index is 12.1. The first-order valence-electron chi connectivity index (χ1n) is 7.45. The molecule has 1 saturated heterocycles. The molecule has 1 fully saturated rings. The number of hydrogen-bond acceptors (Lipinski definition) is 3.